The van der Waals surface area contributed by atoms with Crippen molar-refractivity contribution in [1.82, 2.24) is 18.7 Å². The van der Waals surface area contributed by atoms with Gasteiger partial charge in [0.1, 0.15) is 11.6 Å². The van der Waals surface area contributed by atoms with Crippen molar-refractivity contribution in [1.29, 1.82) is 0 Å². The van der Waals surface area contributed by atoms with Gasteiger partial charge in [-0.1, -0.05) is 80.9 Å². The van der Waals surface area contributed by atoms with Crippen LogP contribution in [0.1, 0.15) is 82.0 Å². The average Bonchev–Trinajstić information content (AvgIpc) is 3.82. The van der Waals surface area contributed by atoms with E-state index in [1.54, 1.807) is 38.2 Å². The minimum atomic E-state index is -4.14. The molecule has 0 amide bonds. The first-order valence-electron chi connectivity index (χ1n) is 20.7. The van der Waals surface area contributed by atoms with Crippen LogP contribution >= 0.6 is 11.8 Å². The molecule has 0 fully saturated rings. The molecule has 3 heterocycles. The fourth-order valence-electron chi connectivity index (χ4n) is 8.44. The third kappa shape index (κ3) is 9.26. The highest BCUT2D eigenvalue weighted by atomic mass is 32.2. The summed E-state index contributed by atoms with van der Waals surface area (Å²) in [5.41, 5.74) is 1.79. The third-order valence-corrected chi connectivity index (χ3v) is 16.7. The van der Waals surface area contributed by atoms with Crippen molar-refractivity contribution in [3.63, 3.8) is 0 Å². The van der Waals surface area contributed by atoms with Crippen LogP contribution in [0.5, 0.6) is 0 Å². The molecular formula is C47H52F2N4O6S3. The van der Waals surface area contributed by atoms with Gasteiger partial charge >= 0.3 is 5.97 Å². The van der Waals surface area contributed by atoms with Crippen LogP contribution in [0.3, 0.4) is 0 Å². The van der Waals surface area contributed by atoms with Crippen LogP contribution in [0.15, 0.2) is 99.7 Å². The Bertz CT molecular complexity index is 2890. The maximum absolute atomic E-state index is 16.7. The highest BCUT2D eigenvalue weighted by Gasteiger charge is 2.36. The average molecular weight is 903 g/mol. The van der Waals surface area contributed by atoms with Gasteiger partial charge in [-0.05, 0) is 105 Å². The van der Waals surface area contributed by atoms with Crippen molar-refractivity contribution in [3.8, 4) is 11.4 Å². The molecule has 0 saturated carbocycles. The fourth-order valence-corrected chi connectivity index (χ4v) is 12.8. The SMILES string of the molecule is CCOC(=O)C(C)Cc1cccc(C2(C)CCCC(C)(C)CS(=O)(=O)CCc3c(c(F)cc4c3ccn4S(=O)(=O)c3ccc(C)cc3)Sc3ccc(F)c(c3)-c3nc2nn3C)c1. The zero-order valence-electron chi connectivity index (χ0n) is 36.0. The molecule has 15 heteroatoms. The number of hydrogen-bond donors (Lipinski definition) is 0. The van der Waals surface area contributed by atoms with Gasteiger partial charge in [-0.2, -0.15) is 5.10 Å². The molecule has 2 unspecified atom stereocenters. The molecule has 2 aromatic heterocycles. The zero-order chi connectivity index (χ0) is 44.8. The van der Waals surface area contributed by atoms with Crippen LogP contribution in [0.4, 0.5) is 8.78 Å². The van der Waals surface area contributed by atoms with Crippen molar-refractivity contribution in [2.75, 3.05) is 18.1 Å². The first-order valence-corrected chi connectivity index (χ1v) is 24.8. The number of ether oxygens (including phenoxy) is 1. The van der Waals surface area contributed by atoms with Gasteiger partial charge in [0.2, 0.25) is 0 Å². The Morgan fingerprint density at radius 2 is 1.73 bits per heavy atom. The van der Waals surface area contributed by atoms with Gasteiger partial charge in [0.05, 0.1) is 50.3 Å². The van der Waals surface area contributed by atoms with Crippen molar-refractivity contribution < 1.29 is 35.1 Å². The van der Waals surface area contributed by atoms with E-state index in [0.29, 0.717) is 54.0 Å². The lowest BCUT2D eigenvalue weighted by molar-refractivity contribution is -0.147. The highest BCUT2D eigenvalue weighted by molar-refractivity contribution is 7.99. The zero-order valence-corrected chi connectivity index (χ0v) is 38.5. The number of sulfone groups is 1. The quantitative estimate of drug-likeness (QED) is 0.144. The Hall–Kier alpha value is -4.86. The van der Waals surface area contributed by atoms with Crippen molar-refractivity contribution >= 4 is 48.5 Å². The predicted octanol–water partition coefficient (Wildman–Crippen LogP) is 9.63. The van der Waals surface area contributed by atoms with Crippen LogP contribution in [-0.4, -0.2) is 59.7 Å². The molecule has 4 aromatic carbocycles. The van der Waals surface area contributed by atoms with Gasteiger partial charge < -0.3 is 4.74 Å². The topological polar surface area (TPSA) is 130 Å². The Balaban J connectivity index is 1.35. The molecule has 1 aliphatic heterocycles. The van der Waals surface area contributed by atoms with Crippen LogP contribution in [0.2, 0.25) is 0 Å². The minimum absolute atomic E-state index is 0.0271. The Kier molecular flexibility index (Phi) is 12.7. The van der Waals surface area contributed by atoms with Crippen LogP contribution in [0, 0.1) is 29.9 Å². The molecule has 328 valence electrons. The number of nitrogens with zero attached hydrogens (tertiary/aromatic N) is 4. The number of esters is 1. The normalized spacial score (nSPS) is 18.7. The fraction of sp³-hybridized carbons (Fsp3) is 0.383. The summed E-state index contributed by atoms with van der Waals surface area (Å²) >= 11 is 1.01. The van der Waals surface area contributed by atoms with E-state index >= 15 is 8.78 Å². The number of carbonyl (C=O) groups is 1. The summed E-state index contributed by atoms with van der Waals surface area (Å²) < 4.78 is 96.3. The summed E-state index contributed by atoms with van der Waals surface area (Å²) in [4.78, 5) is 18.1. The Morgan fingerprint density at radius 1 is 0.984 bits per heavy atom. The number of rotatable bonds is 7. The maximum Gasteiger partial charge on any atom is 0.308 e. The van der Waals surface area contributed by atoms with E-state index in [-0.39, 0.29) is 56.5 Å². The van der Waals surface area contributed by atoms with Crippen molar-refractivity contribution in [2.24, 2.45) is 18.4 Å². The lowest BCUT2D eigenvalue weighted by Gasteiger charge is -2.31. The smallest absolute Gasteiger partial charge is 0.308 e. The second-order valence-corrected chi connectivity index (χ2v) is 22.5. The number of fused-ring (bicyclic) bond motifs is 8. The van der Waals surface area contributed by atoms with Crippen LogP contribution < -0.4 is 0 Å². The van der Waals surface area contributed by atoms with Crippen molar-refractivity contribution in [2.45, 2.75) is 93.7 Å². The number of aromatic nitrogens is 4. The molecule has 62 heavy (non-hydrogen) atoms. The maximum atomic E-state index is 16.7. The van der Waals surface area contributed by atoms with Gasteiger partial charge in [-0.3, -0.25) is 4.79 Å². The van der Waals surface area contributed by atoms with Gasteiger partial charge in [0.15, 0.2) is 21.5 Å². The molecule has 0 aliphatic carbocycles. The number of carbonyl (C=O) groups excluding carboxylic acids is 1. The van der Waals surface area contributed by atoms with E-state index in [9.17, 15) is 21.6 Å². The van der Waals surface area contributed by atoms with E-state index in [4.69, 9.17) is 14.8 Å². The first kappa shape index (κ1) is 45.2. The van der Waals surface area contributed by atoms with E-state index in [1.807, 2.05) is 58.9 Å². The molecule has 0 radical (unpaired) electrons. The van der Waals surface area contributed by atoms with E-state index in [0.717, 1.165) is 38.5 Å². The van der Waals surface area contributed by atoms with E-state index in [2.05, 4.69) is 0 Å². The summed E-state index contributed by atoms with van der Waals surface area (Å²) in [6, 6.07) is 21.4. The molecule has 10 nitrogen and oxygen atoms in total. The molecule has 0 N–H and O–H groups in total. The number of benzene rings is 4. The van der Waals surface area contributed by atoms with E-state index in [1.165, 1.54) is 35.1 Å². The van der Waals surface area contributed by atoms with E-state index < -0.39 is 42.3 Å². The number of aryl methyl sites for hydroxylation is 3. The molecular weight excluding hydrogens is 851 g/mol. The first-order chi connectivity index (χ1) is 29.2. The standard InChI is InChI=1S/C47H52F2N4O6S3/c1-8-59-44(54)31(3)25-32-11-9-12-33(26-32)47(6)22-10-21-46(4,5)29-61(55,56)24-20-37-36-19-23-53(62(57,58)35-16-13-30(2)14-17-35)41(36)28-40(49)42(37)60-34-15-18-39(48)38(27-34)43-50-45(47)51-52(43)7/h9,11-19,23,26-28,31H,8,10,20-22,24-25,29H2,1-7H3. The molecule has 7 rings (SSSR count). The molecule has 0 saturated heterocycles. The number of halogens is 2. The van der Waals surface area contributed by atoms with Crippen LogP contribution in [-0.2, 0) is 54.7 Å². The number of hydrogen-bond acceptors (Lipinski definition) is 9. The monoisotopic (exact) mass is 902 g/mol. The minimum Gasteiger partial charge on any atom is -0.466 e. The molecule has 1 aliphatic rings. The summed E-state index contributed by atoms with van der Waals surface area (Å²) in [5, 5.41) is 5.27. The van der Waals surface area contributed by atoms with Gasteiger partial charge in [-0.15, -0.1) is 0 Å². The summed E-state index contributed by atoms with van der Waals surface area (Å²) in [7, 11) is -6.19. The second kappa shape index (κ2) is 17.4. The van der Waals surface area contributed by atoms with Crippen molar-refractivity contribution in [3.05, 3.63) is 125 Å². The largest absolute Gasteiger partial charge is 0.466 e. The predicted molar refractivity (Wildman–Crippen MR) is 239 cm³/mol. The Labute approximate surface area is 367 Å². The summed E-state index contributed by atoms with van der Waals surface area (Å²) in [6.45, 7) is 11.6. The summed E-state index contributed by atoms with van der Waals surface area (Å²) in [6.07, 6.45) is 3.38. The lowest BCUT2D eigenvalue weighted by Crippen LogP contribution is -2.29. The second-order valence-electron chi connectivity index (χ2n) is 17.4. The summed E-state index contributed by atoms with van der Waals surface area (Å²) in [5.74, 6) is -1.69. The highest BCUT2D eigenvalue weighted by Crippen LogP contribution is 2.42. The van der Waals surface area contributed by atoms with Gasteiger partial charge in [0, 0.05) is 29.6 Å². The molecule has 0 spiro atoms. The van der Waals surface area contributed by atoms with Gasteiger partial charge in [-0.25, -0.2) is 39.3 Å². The molecule has 2 atom stereocenters. The van der Waals surface area contributed by atoms with Gasteiger partial charge in [0.25, 0.3) is 10.0 Å². The Morgan fingerprint density at radius 3 is 2.45 bits per heavy atom. The van der Waals surface area contributed by atoms with Crippen LogP contribution in [0.25, 0.3) is 22.3 Å². The molecule has 4 bridgehead atoms. The third-order valence-electron chi connectivity index (χ3n) is 11.8. The molecule has 6 aromatic rings. The lowest BCUT2D eigenvalue weighted by atomic mass is 9.75.